The Balaban J connectivity index is 2.01. The molecule has 2 N–H and O–H groups in total. The van der Waals surface area contributed by atoms with Crippen molar-refractivity contribution < 1.29 is 14.6 Å². The lowest BCUT2D eigenvalue weighted by Gasteiger charge is -2.13. The van der Waals surface area contributed by atoms with E-state index in [2.05, 4.69) is 9.98 Å². The largest absolute Gasteiger partial charge is 0.477 e. The van der Waals surface area contributed by atoms with Crippen molar-refractivity contribution in [3.05, 3.63) is 81.6 Å². The van der Waals surface area contributed by atoms with Gasteiger partial charge in [0.25, 0.3) is 0 Å². The lowest BCUT2D eigenvalue weighted by atomic mass is 10.0. The van der Waals surface area contributed by atoms with Crippen molar-refractivity contribution in [2.45, 2.75) is 19.6 Å². The van der Waals surface area contributed by atoms with Crippen LogP contribution in [0.1, 0.15) is 22.9 Å². The second kappa shape index (κ2) is 7.97. The number of aromatic nitrogens is 1. The molecule has 0 radical (unpaired) electrons. The lowest BCUT2D eigenvalue weighted by Crippen LogP contribution is -2.19. The smallest absolute Gasteiger partial charge is 0.350 e. The standard InChI is InChI=1S/C21H20N2O4/c1-13-7-9-14(10-8-13)20(27-2)23-18(21(25)26)11-15-12-19(24)22-17-6-4-3-5-16(15)17/h3-10,12,20H,11H2,1-2H3,(H,22,24)(H,25,26). The van der Waals surface area contributed by atoms with Gasteiger partial charge >= 0.3 is 5.97 Å². The molecule has 1 heterocycles. The molecule has 0 aliphatic heterocycles. The van der Waals surface area contributed by atoms with Gasteiger partial charge in [-0.1, -0.05) is 48.0 Å². The van der Waals surface area contributed by atoms with Crippen LogP contribution in [0, 0.1) is 6.92 Å². The van der Waals surface area contributed by atoms with Gasteiger partial charge in [0.15, 0.2) is 6.23 Å². The van der Waals surface area contributed by atoms with Gasteiger partial charge in [0.1, 0.15) is 5.71 Å². The summed E-state index contributed by atoms with van der Waals surface area (Å²) in [5, 5.41) is 10.4. The Kier molecular flexibility index (Phi) is 5.47. The summed E-state index contributed by atoms with van der Waals surface area (Å²) in [6, 6.07) is 16.2. The number of methoxy groups -OCH3 is 1. The van der Waals surface area contributed by atoms with E-state index in [0.717, 1.165) is 16.5 Å². The van der Waals surface area contributed by atoms with Crippen LogP contribution in [-0.4, -0.2) is 28.9 Å². The monoisotopic (exact) mass is 364 g/mol. The number of pyridine rings is 1. The average Bonchev–Trinajstić information content (AvgIpc) is 2.65. The molecule has 3 rings (SSSR count). The summed E-state index contributed by atoms with van der Waals surface area (Å²) in [4.78, 5) is 30.8. The number of H-pyrrole nitrogens is 1. The van der Waals surface area contributed by atoms with E-state index in [0.29, 0.717) is 11.1 Å². The zero-order chi connectivity index (χ0) is 19.4. The molecule has 27 heavy (non-hydrogen) atoms. The highest BCUT2D eigenvalue weighted by atomic mass is 16.5. The Bertz CT molecular complexity index is 1050. The van der Waals surface area contributed by atoms with Crippen molar-refractivity contribution in [1.82, 2.24) is 4.98 Å². The number of aliphatic carboxylic acids is 1. The number of nitrogens with one attached hydrogen (secondary N) is 1. The van der Waals surface area contributed by atoms with Crippen molar-refractivity contribution in [2.24, 2.45) is 4.99 Å². The van der Waals surface area contributed by atoms with Crippen molar-refractivity contribution in [2.75, 3.05) is 7.11 Å². The van der Waals surface area contributed by atoms with Crippen LogP contribution in [0.25, 0.3) is 10.9 Å². The fourth-order valence-corrected chi connectivity index (χ4v) is 2.92. The first-order valence-electron chi connectivity index (χ1n) is 8.48. The minimum absolute atomic E-state index is 0.0193. The number of nitrogens with zero attached hydrogens (tertiary/aromatic N) is 1. The molecule has 0 amide bonds. The first kappa shape index (κ1) is 18.5. The minimum Gasteiger partial charge on any atom is -0.477 e. The Labute approximate surface area is 156 Å². The third-order valence-electron chi connectivity index (χ3n) is 4.30. The molecule has 0 aliphatic carbocycles. The SMILES string of the molecule is COC(N=C(Cc1cc(=O)[nH]c2ccccc12)C(=O)O)c1ccc(C)cc1. The van der Waals surface area contributed by atoms with E-state index in [1.54, 1.807) is 6.07 Å². The first-order chi connectivity index (χ1) is 13.0. The third-order valence-corrected chi connectivity index (χ3v) is 4.30. The van der Waals surface area contributed by atoms with Gasteiger partial charge in [-0.05, 0) is 18.6 Å². The van der Waals surface area contributed by atoms with Crippen molar-refractivity contribution in [3.63, 3.8) is 0 Å². The molecule has 2 aromatic carbocycles. The van der Waals surface area contributed by atoms with Gasteiger partial charge in [0.05, 0.1) is 0 Å². The van der Waals surface area contributed by atoms with Crippen molar-refractivity contribution >= 4 is 22.6 Å². The predicted molar refractivity (Wildman–Crippen MR) is 104 cm³/mol. The van der Waals surface area contributed by atoms with E-state index in [4.69, 9.17) is 4.74 Å². The van der Waals surface area contributed by atoms with Crippen LogP contribution in [0.4, 0.5) is 0 Å². The highest BCUT2D eigenvalue weighted by molar-refractivity contribution is 6.36. The summed E-state index contributed by atoms with van der Waals surface area (Å²) >= 11 is 0. The number of ether oxygens (including phenoxy) is 1. The fraction of sp³-hybridized carbons (Fsp3) is 0.190. The van der Waals surface area contributed by atoms with Gasteiger partial charge in [0, 0.05) is 36.1 Å². The molecule has 0 bridgehead atoms. The van der Waals surface area contributed by atoms with Gasteiger partial charge in [-0.25, -0.2) is 9.79 Å². The third kappa shape index (κ3) is 4.30. The van der Waals surface area contributed by atoms with Gasteiger partial charge in [-0.2, -0.15) is 0 Å². The molecule has 0 fully saturated rings. The molecule has 0 spiro atoms. The number of hydrogen-bond donors (Lipinski definition) is 2. The normalized spacial score (nSPS) is 12.9. The van der Waals surface area contributed by atoms with Crippen LogP contribution in [-0.2, 0) is 16.0 Å². The summed E-state index contributed by atoms with van der Waals surface area (Å²) in [5.41, 5.74) is 2.76. The van der Waals surface area contributed by atoms with E-state index in [-0.39, 0.29) is 17.7 Å². The van der Waals surface area contributed by atoms with E-state index < -0.39 is 12.2 Å². The Morgan fingerprint density at radius 1 is 1.19 bits per heavy atom. The van der Waals surface area contributed by atoms with E-state index in [1.807, 2.05) is 49.4 Å². The fourth-order valence-electron chi connectivity index (χ4n) is 2.92. The van der Waals surface area contributed by atoms with Crippen LogP contribution < -0.4 is 5.56 Å². The molecule has 0 aliphatic rings. The van der Waals surface area contributed by atoms with E-state index >= 15 is 0 Å². The number of rotatable bonds is 6. The molecule has 0 saturated carbocycles. The maximum atomic E-state index is 11.9. The summed E-state index contributed by atoms with van der Waals surface area (Å²) < 4.78 is 5.39. The Hall–Kier alpha value is -3.25. The number of aromatic amines is 1. The number of benzene rings is 2. The highest BCUT2D eigenvalue weighted by Crippen LogP contribution is 2.21. The first-order valence-corrected chi connectivity index (χ1v) is 8.48. The molecule has 3 aromatic rings. The number of aliphatic imine (C=N–C) groups is 1. The molecule has 6 nitrogen and oxygen atoms in total. The second-order valence-corrected chi connectivity index (χ2v) is 6.26. The summed E-state index contributed by atoms with van der Waals surface area (Å²) in [6.45, 7) is 1.97. The topological polar surface area (TPSA) is 91.8 Å². The molecule has 138 valence electrons. The Morgan fingerprint density at radius 2 is 1.89 bits per heavy atom. The van der Waals surface area contributed by atoms with Crippen LogP contribution in [0.2, 0.25) is 0 Å². The molecule has 1 unspecified atom stereocenters. The highest BCUT2D eigenvalue weighted by Gasteiger charge is 2.17. The molecular formula is C21H20N2O4. The molecule has 1 atom stereocenters. The maximum absolute atomic E-state index is 11.9. The number of aryl methyl sites for hydroxylation is 1. The number of hydrogen-bond acceptors (Lipinski definition) is 4. The number of carboxylic acid groups (broad SMARTS) is 1. The minimum atomic E-state index is -1.14. The predicted octanol–water partition coefficient (Wildman–Crippen LogP) is 3.25. The average molecular weight is 364 g/mol. The zero-order valence-corrected chi connectivity index (χ0v) is 15.1. The molecule has 6 heteroatoms. The summed E-state index contributed by atoms with van der Waals surface area (Å²) in [5.74, 6) is -1.14. The second-order valence-electron chi connectivity index (χ2n) is 6.26. The number of carbonyl (C=O) groups is 1. The zero-order valence-electron chi connectivity index (χ0n) is 15.1. The molecule has 1 aromatic heterocycles. The quantitative estimate of drug-likeness (QED) is 0.657. The van der Waals surface area contributed by atoms with Crippen LogP contribution >= 0.6 is 0 Å². The summed E-state index contributed by atoms with van der Waals surface area (Å²) in [6.07, 6.45) is -0.712. The van der Waals surface area contributed by atoms with Crippen molar-refractivity contribution in [1.29, 1.82) is 0 Å². The van der Waals surface area contributed by atoms with Crippen LogP contribution in [0.5, 0.6) is 0 Å². The number of para-hydroxylation sites is 1. The Morgan fingerprint density at radius 3 is 2.56 bits per heavy atom. The lowest BCUT2D eigenvalue weighted by molar-refractivity contribution is -0.129. The maximum Gasteiger partial charge on any atom is 0.350 e. The van der Waals surface area contributed by atoms with E-state index in [9.17, 15) is 14.7 Å². The van der Waals surface area contributed by atoms with E-state index in [1.165, 1.54) is 13.2 Å². The molecular weight excluding hydrogens is 344 g/mol. The van der Waals surface area contributed by atoms with Gasteiger partial charge in [-0.15, -0.1) is 0 Å². The molecule has 0 saturated heterocycles. The number of fused-ring (bicyclic) bond motifs is 1. The summed E-state index contributed by atoms with van der Waals surface area (Å²) in [7, 11) is 1.48. The van der Waals surface area contributed by atoms with Gasteiger partial charge in [-0.3, -0.25) is 4.79 Å². The van der Waals surface area contributed by atoms with Gasteiger partial charge in [0.2, 0.25) is 5.56 Å². The van der Waals surface area contributed by atoms with Gasteiger partial charge < -0.3 is 14.8 Å². The van der Waals surface area contributed by atoms with Crippen LogP contribution in [0.3, 0.4) is 0 Å². The number of carboxylic acids is 1. The van der Waals surface area contributed by atoms with Crippen molar-refractivity contribution in [3.8, 4) is 0 Å². The van der Waals surface area contributed by atoms with Crippen LogP contribution in [0.15, 0.2) is 64.4 Å².